The van der Waals surface area contributed by atoms with Gasteiger partial charge in [-0.25, -0.2) is 0 Å². The predicted octanol–water partition coefficient (Wildman–Crippen LogP) is 3.19. The van der Waals surface area contributed by atoms with Crippen molar-refractivity contribution in [3.8, 4) is 28.4 Å². The Morgan fingerprint density at radius 2 is 2.08 bits per heavy atom. The molecule has 0 spiro atoms. The molecule has 5 heteroatoms. The van der Waals surface area contributed by atoms with Gasteiger partial charge in [0.05, 0.1) is 20.7 Å². The van der Waals surface area contributed by atoms with Gasteiger partial charge in [0.15, 0.2) is 11.5 Å². The zero-order valence-corrected chi connectivity index (χ0v) is 13.8. The van der Waals surface area contributed by atoms with Crippen LogP contribution < -0.4 is 14.2 Å². The number of fused-ring (bicyclic) bond motifs is 4. The molecule has 0 aromatic heterocycles. The number of quaternary nitrogens is 1. The topological polar surface area (TPSA) is 50.8 Å². The number of hydrogen-bond acceptors (Lipinski definition) is 4. The van der Waals surface area contributed by atoms with Crippen molar-refractivity contribution in [2.75, 3.05) is 27.5 Å². The van der Waals surface area contributed by atoms with Gasteiger partial charge in [-0.05, 0) is 34.9 Å². The van der Waals surface area contributed by atoms with Crippen molar-refractivity contribution in [3.05, 3.63) is 46.2 Å². The van der Waals surface area contributed by atoms with E-state index in [-0.39, 0.29) is 17.5 Å². The molecule has 2 heterocycles. The molecule has 2 aromatic carbocycles. The van der Waals surface area contributed by atoms with E-state index < -0.39 is 0 Å². The van der Waals surface area contributed by atoms with E-state index in [1.165, 1.54) is 5.56 Å². The average Bonchev–Trinajstić information content (AvgIpc) is 3.05. The second kappa shape index (κ2) is 4.65. The Hall–Kier alpha value is -2.24. The van der Waals surface area contributed by atoms with E-state index in [4.69, 9.17) is 14.2 Å². The van der Waals surface area contributed by atoms with Gasteiger partial charge in [-0.2, -0.15) is 0 Å². The number of methoxy groups -OCH3 is 1. The Kier molecular flexibility index (Phi) is 2.74. The zero-order chi connectivity index (χ0) is 16.5. The summed E-state index contributed by atoms with van der Waals surface area (Å²) in [5.74, 6) is 2.40. The molecule has 24 heavy (non-hydrogen) atoms. The highest BCUT2D eigenvalue weighted by Crippen LogP contribution is 2.55. The molecular weight excluding hydrogens is 306 g/mol. The van der Waals surface area contributed by atoms with Crippen molar-refractivity contribution in [2.24, 2.45) is 0 Å². The van der Waals surface area contributed by atoms with Crippen LogP contribution in [0.25, 0.3) is 11.1 Å². The van der Waals surface area contributed by atoms with E-state index in [9.17, 15) is 5.21 Å². The third-order valence-electron chi connectivity index (χ3n) is 5.60. The molecule has 0 amide bonds. The van der Waals surface area contributed by atoms with Crippen LogP contribution >= 0.6 is 0 Å². The molecule has 0 bridgehead atoms. The Morgan fingerprint density at radius 3 is 2.92 bits per heavy atom. The zero-order valence-electron chi connectivity index (χ0n) is 13.8. The first-order valence-corrected chi connectivity index (χ1v) is 8.27. The van der Waals surface area contributed by atoms with Crippen LogP contribution in [0.5, 0.6) is 17.2 Å². The summed E-state index contributed by atoms with van der Waals surface area (Å²) in [7, 11) is 3.45. The van der Waals surface area contributed by atoms with Crippen molar-refractivity contribution < 1.29 is 18.9 Å². The van der Waals surface area contributed by atoms with Crippen LogP contribution in [-0.4, -0.2) is 32.1 Å². The maximum Gasteiger partial charge on any atom is 0.231 e. The monoisotopic (exact) mass is 325 g/mol. The number of ether oxygens (including phenoxy) is 3. The van der Waals surface area contributed by atoms with Crippen molar-refractivity contribution in [1.29, 1.82) is 0 Å². The maximum absolute atomic E-state index is 13.1. The van der Waals surface area contributed by atoms with Crippen LogP contribution in [0.4, 0.5) is 0 Å². The van der Waals surface area contributed by atoms with Crippen molar-refractivity contribution in [2.45, 2.75) is 18.9 Å². The van der Waals surface area contributed by atoms with E-state index in [1.807, 2.05) is 12.1 Å². The summed E-state index contributed by atoms with van der Waals surface area (Å²) in [6.07, 6.45) is 1.51. The Labute approximate surface area is 140 Å². The number of rotatable bonds is 1. The number of nitrogens with zero attached hydrogens (tertiary/aromatic N) is 1. The molecule has 5 nitrogen and oxygen atoms in total. The first-order valence-electron chi connectivity index (χ1n) is 8.27. The molecule has 0 saturated carbocycles. The smallest absolute Gasteiger partial charge is 0.231 e. The second-order valence-electron chi connectivity index (χ2n) is 6.95. The maximum atomic E-state index is 13.1. The van der Waals surface area contributed by atoms with Crippen molar-refractivity contribution in [3.63, 3.8) is 0 Å². The fourth-order valence-electron chi connectivity index (χ4n) is 4.35. The second-order valence-corrected chi connectivity index (χ2v) is 6.95. The van der Waals surface area contributed by atoms with Crippen LogP contribution in [0.1, 0.15) is 22.7 Å². The molecule has 1 aliphatic carbocycles. The number of hydrogen-bond donors (Lipinski definition) is 0. The molecule has 2 aliphatic heterocycles. The predicted molar refractivity (Wildman–Crippen MR) is 89.1 cm³/mol. The summed E-state index contributed by atoms with van der Waals surface area (Å²) < 4.78 is 16.6. The molecule has 0 radical (unpaired) electrons. The molecular formula is C19H19NO4. The largest absolute Gasteiger partial charge is 0.633 e. The molecule has 0 fully saturated rings. The normalized spacial score (nSPS) is 25.9. The molecule has 2 aromatic rings. The molecule has 5 rings (SSSR count). The molecule has 124 valence electrons. The van der Waals surface area contributed by atoms with Crippen molar-refractivity contribution in [1.82, 2.24) is 0 Å². The lowest BCUT2D eigenvalue weighted by Gasteiger charge is -2.51. The first-order chi connectivity index (χ1) is 11.6. The first kappa shape index (κ1) is 14.1. The van der Waals surface area contributed by atoms with E-state index in [1.54, 1.807) is 14.2 Å². The van der Waals surface area contributed by atoms with Crippen LogP contribution in [0.3, 0.4) is 0 Å². The van der Waals surface area contributed by atoms with Gasteiger partial charge >= 0.3 is 0 Å². The summed E-state index contributed by atoms with van der Waals surface area (Å²) in [4.78, 5) is 0. The summed E-state index contributed by atoms with van der Waals surface area (Å²) in [6, 6.07) is 8.06. The molecule has 2 atom stereocenters. The molecule has 3 aliphatic rings. The minimum absolute atomic E-state index is 0.0992. The molecule has 0 N–H and O–H groups in total. The van der Waals surface area contributed by atoms with E-state index >= 15 is 0 Å². The number of hydroxylamine groups is 3. The lowest BCUT2D eigenvalue weighted by molar-refractivity contribution is -0.894. The fourth-order valence-corrected chi connectivity index (χ4v) is 4.35. The van der Waals surface area contributed by atoms with Crippen LogP contribution in [-0.2, 0) is 12.8 Å². The minimum atomic E-state index is -0.240. The van der Waals surface area contributed by atoms with Gasteiger partial charge in [0.2, 0.25) is 6.79 Å². The number of benzene rings is 2. The van der Waals surface area contributed by atoms with Gasteiger partial charge in [-0.15, -0.1) is 0 Å². The van der Waals surface area contributed by atoms with Gasteiger partial charge in [0.25, 0.3) is 0 Å². The van der Waals surface area contributed by atoms with Crippen molar-refractivity contribution >= 4 is 0 Å². The van der Waals surface area contributed by atoms with Gasteiger partial charge in [0, 0.05) is 24.0 Å². The SMILES string of the molecule is COc1ccc2c(c1)C[C@@H]1c3c(cc4c(c3-2)OCO4)CC[N+]1(C)[O-]. The third-order valence-corrected chi connectivity index (χ3v) is 5.60. The highest BCUT2D eigenvalue weighted by Gasteiger charge is 2.42. The summed E-state index contributed by atoms with van der Waals surface area (Å²) in [5.41, 5.74) is 5.71. The van der Waals surface area contributed by atoms with E-state index in [2.05, 4.69) is 12.1 Å². The number of likely N-dealkylation sites (N-methyl/N-ethyl adjacent to an activating group) is 1. The fraction of sp³-hybridized carbons (Fsp3) is 0.368. The Morgan fingerprint density at radius 1 is 1.21 bits per heavy atom. The summed E-state index contributed by atoms with van der Waals surface area (Å²) >= 11 is 0. The summed E-state index contributed by atoms with van der Waals surface area (Å²) in [5, 5.41) is 13.1. The van der Waals surface area contributed by atoms with Crippen LogP contribution in [0, 0.1) is 5.21 Å². The van der Waals surface area contributed by atoms with Gasteiger partial charge in [-0.3, -0.25) is 0 Å². The standard InChI is InChI=1S/C19H19NO4/c1-20(21)6-5-11-9-16-19(24-10-23-16)18-14-4-3-13(22-2)7-12(14)8-15(20)17(11)18/h3-4,7,9,15H,5-6,8,10H2,1-2H3/t15-,20?/m1/s1. The van der Waals surface area contributed by atoms with Gasteiger partial charge in [-0.1, -0.05) is 6.07 Å². The highest BCUT2D eigenvalue weighted by atomic mass is 16.7. The third kappa shape index (κ3) is 1.77. The van der Waals surface area contributed by atoms with Crippen LogP contribution in [0.2, 0.25) is 0 Å². The summed E-state index contributed by atoms with van der Waals surface area (Å²) in [6.45, 7) is 0.834. The molecule has 0 saturated heterocycles. The van der Waals surface area contributed by atoms with Gasteiger partial charge in [0.1, 0.15) is 11.8 Å². The lowest BCUT2D eigenvalue weighted by Crippen LogP contribution is -2.48. The van der Waals surface area contributed by atoms with Gasteiger partial charge < -0.3 is 24.1 Å². The van der Waals surface area contributed by atoms with E-state index in [0.29, 0.717) is 6.54 Å². The Balaban J connectivity index is 1.84. The average molecular weight is 325 g/mol. The Bertz CT molecular complexity index is 859. The van der Waals surface area contributed by atoms with Crippen LogP contribution in [0.15, 0.2) is 24.3 Å². The molecule has 1 unspecified atom stereocenters. The minimum Gasteiger partial charge on any atom is -0.633 e. The van der Waals surface area contributed by atoms with E-state index in [0.717, 1.165) is 52.3 Å². The lowest BCUT2D eigenvalue weighted by atomic mass is 9.76. The highest BCUT2D eigenvalue weighted by molar-refractivity contribution is 5.84. The quantitative estimate of drug-likeness (QED) is 0.597.